The molecule has 106 valence electrons. The Morgan fingerprint density at radius 3 is 2.67 bits per heavy atom. The molecule has 0 bridgehead atoms. The second-order valence-electron chi connectivity index (χ2n) is 5.04. The Morgan fingerprint density at radius 1 is 1.14 bits per heavy atom. The Morgan fingerprint density at radius 2 is 1.90 bits per heavy atom. The zero-order chi connectivity index (χ0) is 14.8. The zero-order valence-corrected chi connectivity index (χ0v) is 11.7. The molecule has 0 atom stereocenters. The second kappa shape index (κ2) is 5.52. The van der Waals surface area contributed by atoms with E-state index >= 15 is 0 Å². The van der Waals surface area contributed by atoms with Crippen LogP contribution in [-0.2, 0) is 11.2 Å². The summed E-state index contributed by atoms with van der Waals surface area (Å²) >= 11 is 0. The molecular formula is C18H15FO2. The summed E-state index contributed by atoms with van der Waals surface area (Å²) in [5.41, 5.74) is 2.87. The molecular weight excluding hydrogens is 267 g/mol. The van der Waals surface area contributed by atoms with E-state index in [1.54, 1.807) is 30.3 Å². The van der Waals surface area contributed by atoms with Crippen molar-refractivity contribution in [3.63, 3.8) is 0 Å². The minimum Gasteiger partial charge on any atom is -0.422 e. The van der Waals surface area contributed by atoms with E-state index in [0.29, 0.717) is 23.3 Å². The van der Waals surface area contributed by atoms with Crippen LogP contribution in [0.4, 0.5) is 4.39 Å². The van der Waals surface area contributed by atoms with Gasteiger partial charge in [-0.1, -0.05) is 37.6 Å². The molecule has 0 radical (unpaired) electrons. The average Bonchev–Trinajstić information content (AvgIpc) is 2.80. The van der Waals surface area contributed by atoms with Crippen LogP contribution in [0.3, 0.4) is 0 Å². The number of hydrogen-bond acceptors (Lipinski definition) is 2. The van der Waals surface area contributed by atoms with Crippen LogP contribution in [-0.4, -0.2) is 5.97 Å². The Bertz CT molecular complexity index is 732. The van der Waals surface area contributed by atoms with Crippen molar-refractivity contribution in [2.24, 2.45) is 0 Å². The van der Waals surface area contributed by atoms with Crippen LogP contribution >= 0.6 is 0 Å². The van der Waals surface area contributed by atoms with Crippen LogP contribution in [0.1, 0.15) is 40.4 Å². The summed E-state index contributed by atoms with van der Waals surface area (Å²) in [5, 5.41) is 0. The molecule has 1 aliphatic rings. The molecule has 2 aromatic rings. The van der Waals surface area contributed by atoms with Gasteiger partial charge in [0.15, 0.2) is 0 Å². The second-order valence-corrected chi connectivity index (χ2v) is 5.04. The minimum atomic E-state index is -0.340. The van der Waals surface area contributed by atoms with Crippen molar-refractivity contribution in [1.82, 2.24) is 0 Å². The van der Waals surface area contributed by atoms with E-state index in [1.165, 1.54) is 6.07 Å². The molecule has 0 fully saturated rings. The van der Waals surface area contributed by atoms with E-state index in [1.807, 2.05) is 19.1 Å². The van der Waals surface area contributed by atoms with E-state index in [2.05, 4.69) is 0 Å². The van der Waals surface area contributed by atoms with Gasteiger partial charge in [0, 0.05) is 5.56 Å². The zero-order valence-electron chi connectivity index (χ0n) is 11.7. The molecule has 0 saturated heterocycles. The van der Waals surface area contributed by atoms with Crippen molar-refractivity contribution < 1.29 is 13.9 Å². The Balaban J connectivity index is 2.00. The number of halogens is 1. The third-order valence-corrected chi connectivity index (χ3v) is 3.50. The van der Waals surface area contributed by atoms with Gasteiger partial charge in [0.05, 0.1) is 5.56 Å². The SMILES string of the molecule is CCCc1cc(/C=C2\OC(=O)c3ccccc32)ccc1F. The molecule has 0 aromatic heterocycles. The number of hydrogen-bond donors (Lipinski definition) is 0. The topological polar surface area (TPSA) is 26.3 Å². The molecule has 0 saturated carbocycles. The molecule has 2 nitrogen and oxygen atoms in total. The number of ether oxygens (including phenoxy) is 1. The third kappa shape index (κ3) is 2.59. The molecule has 3 rings (SSSR count). The molecule has 1 aliphatic heterocycles. The Hall–Kier alpha value is -2.42. The van der Waals surface area contributed by atoms with Gasteiger partial charge in [0.25, 0.3) is 0 Å². The van der Waals surface area contributed by atoms with Crippen molar-refractivity contribution in [1.29, 1.82) is 0 Å². The fourth-order valence-corrected chi connectivity index (χ4v) is 2.49. The molecule has 2 aromatic carbocycles. The maximum absolute atomic E-state index is 13.7. The molecule has 1 heterocycles. The number of carbonyl (C=O) groups excluding carboxylic acids is 1. The van der Waals surface area contributed by atoms with Crippen molar-refractivity contribution in [3.8, 4) is 0 Å². The van der Waals surface area contributed by atoms with Crippen LogP contribution < -0.4 is 0 Å². The summed E-state index contributed by atoms with van der Waals surface area (Å²) in [5.74, 6) is -0.0137. The number of cyclic esters (lactones) is 1. The van der Waals surface area contributed by atoms with Crippen molar-refractivity contribution in [2.45, 2.75) is 19.8 Å². The van der Waals surface area contributed by atoms with Crippen molar-refractivity contribution in [2.75, 3.05) is 0 Å². The van der Waals surface area contributed by atoms with E-state index in [9.17, 15) is 9.18 Å². The average molecular weight is 282 g/mol. The quantitative estimate of drug-likeness (QED) is 0.778. The molecule has 0 amide bonds. The normalized spacial score (nSPS) is 15.1. The van der Waals surface area contributed by atoms with E-state index in [0.717, 1.165) is 17.5 Å². The predicted octanol–water partition coefficient (Wildman–Crippen LogP) is 4.45. The molecule has 3 heteroatoms. The predicted molar refractivity (Wildman–Crippen MR) is 80.1 cm³/mol. The molecule has 0 N–H and O–H groups in total. The van der Waals surface area contributed by atoms with Gasteiger partial charge < -0.3 is 4.74 Å². The van der Waals surface area contributed by atoms with Gasteiger partial charge in [-0.2, -0.15) is 0 Å². The first-order valence-electron chi connectivity index (χ1n) is 7.00. The lowest BCUT2D eigenvalue weighted by Gasteiger charge is -2.04. The highest BCUT2D eigenvalue weighted by atomic mass is 19.1. The summed E-state index contributed by atoms with van der Waals surface area (Å²) in [7, 11) is 0. The summed E-state index contributed by atoms with van der Waals surface area (Å²) in [6.07, 6.45) is 3.36. The van der Waals surface area contributed by atoms with E-state index in [4.69, 9.17) is 4.74 Å². The van der Waals surface area contributed by atoms with Crippen LogP contribution in [0.25, 0.3) is 11.8 Å². The fraction of sp³-hybridized carbons (Fsp3) is 0.167. The lowest BCUT2D eigenvalue weighted by molar-refractivity contribution is 0.0717. The number of carbonyl (C=O) groups is 1. The van der Waals surface area contributed by atoms with Gasteiger partial charge in [-0.3, -0.25) is 0 Å². The first kappa shape index (κ1) is 13.6. The standard InChI is InChI=1S/C18H15FO2/c1-2-5-13-10-12(8-9-16(13)19)11-17-14-6-3-4-7-15(14)18(20)21-17/h3-4,6-11H,2,5H2,1H3/b17-11-. The maximum Gasteiger partial charge on any atom is 0.344 e. The van der Waals surface area contributed by atoms with Gasteiger partial charge in [0.2, 0.25) is 0 Å². The number of aryl methyl sites for hydroxylation is 1. The first-order chi connectivity index (χ1) is 10.2. The maximum atomic E-state index is 13.7. The number of esters is 1. The minimum absolute atomic E-state index is 0.192. The fourth-order valence-electron chi connectivity index (χ4n) is 2.49. The monoisotopic (exact) mass is 282 g/mol. The van der Waals surface area contributed by atoms with Crippen LogP contribution in [0.15, 0.2) is 42.5 Å². The highest BCUT2D eigenvalue weighted by molar-refractivity contribution is 6.05. The number of rotatable bonds is 3. The first-order valence-corrected chi connectivity index (χ1v) is 7.00. The van der Waals surface area contributed by atoms with Gasteiger partial charge in [-0.05, 0) is 41.8 Å². The summed E-state index contributed by atoms with van der Waals surface area (Å²) in [6.45, 7) is 2.01. The molecule has 0 unspecified atom stereocenters. The largest absolute Gasteiger partial charge is 0.422 e. The van der Waals surface area contributed by atoms with Crippen LogP contribution in [0.5, 0.6) is 0 Å². The summed E-state index contributed by atoms with van der Waals surface area (Å²) < 4.78 is 19.0. The summed E-state index contributed by atoms with van der Waals surface area (Å²) in [6, 6.07) is 12.2. The number of fused-ring (bicyclic) bond motifs is 1. The van der Waals surface area contributed by atoms with Crippen molar-refractivity contribution >= 4 is 17.8 Å². The van der Waals surface area contributed by atoms with Crippen molar-refractivity contribution in [3.05, 3.63) is 70.5 Å². The molecule has 21 heavy (non-hydrogen) atoms. The van der Waals surface area contributed by atoms with E-state index < -0.39 is 0 Å². The highest BCUT2D eigenvalue weighted by Crippen LogP contribution is 2.31. The highest BCUT2D eigenvalue weighted by Gasteiger charge is 2.25. The smallest absolute Gasteiger partial charge is 0.344 e. The third-order valence-electron chi connectivity index (χ3n) is 3.50. The van der Waals surface area contributed by atoms with E-state index in [-0.39, 0.29) is 11.8 Å². The Labute approximate surface area is 122 Å². The van der Waals surface area contributed by atoms with Gasteiger partial charge in [-0.15, -0.1) is 0 Å². The molecule has 0 spiro atoms. The van der Waals surface area contributed by atoms with Gasteiger partial charge in [0.1, 0.15) is 11.6 Å². The lowest BCUT2D eigenvalue weighted by atomic mass is 10.0. The van der Waals surface area contributed by atoms with Crippen LogP contribution in [0.2, 0.25) is 0 Å². The lowest BCUT2D eigenvalue weighted by Crippen LogP contribution is -1.92. The van der Waals surface area contributed by atoms with Gasteiger partial charge >= 0.3 is 5.97 Å². The summed E-state index contributed by atoms with van der Waals surface area (Å²) in [4.78, 5) is 11.8. The van der Waals surface area contributed by atoms with Gasteiger partial charge in [-0.25, -0.2) is 9.18 Å². The van der Waals surface area contributed by atoms with Crippen LogP contribution in [0, 0.1) is 5.82 Å². The molecule has 0 aliphatic carbocycles. The Kier molecular flexibility index (Phi) is 3.57. The number of benzene rings is 2.